The van der Waals surface area contributed by atoms with Gasteiger partial charge in [0.15, 0.2) is 19.8 Å². The lowest BCUT2D eigenvalue weighted by molar-refractivity contribution is -0.120. The van der Waals surface area contributed by atoms with E-state index in [0.717, 1.165) is 69.9 Å². The number of benzene rings is 2. The molecule has 1 aliphatic carbocycles. The van der Waals surface area contributed by atoms with Gasteiger partial charge in [-0.1, -0.05) is 56.6 Å². The standard InChI is InChI=1S/C32H39ClN2O4SSi/c1-31(2,3)41(4,5)39-22-12-15-35(19-22)30(23-8-6-7-9-24(23)33)27-18-34-29(40-27)17-28(36)32(13-14-32)21-10-11-25-26(16-21)38-20-37-25/h6-11,16,18,22,30H,12-15,17,19-20H2,1-5H3/t22-,30-/m1/s1. The normalized spacial score (nSPS) is 20.8. The number of hydrogen-bond donors (Lipinski definition) is 0. The van der Waals surface area contributed by atoms with Gasteiger partial charge in [0.1, 0.15) is 10.8 Å². The number of ketones is 1. The highest BCUT2D eigenvalue weighted by atomic mass is 35.5. The summed E-state index contributed by atoms with van der Waals surface area (Å²) in [6.45, 7) is 13.5. The Bertz CT molecular complexity index is 1450. The summed E-state index contributed by atoms with van der Waals surface area (Å²) in [4.78, 5) is 22.0. The zero-order chi connectivity index (χ0) is 29.0. The number of carbonyl (C=O) groups excluding carboxylic acids is 1. The first kappa shape index (κ1) is 28.9. The van der Waals surface area contributed by atoms with Crippen molar-refractivity contribution in [2.45, 2.75) is 82.1 Å². The Labute approximate surface area is 253 Å². The second kappa shape index (κ2) is 10.8. The van der Waals surface area contributed by atoms with Gasteiger partial charge in [-0.3, -0.25) is 9.69 Å². The SMILES string of the molecule is CC(C)(C)[Si](C)(C)O[C@@H]1CCN([C@@H](c2cnc(CC(=O)C3(c4ccc5c(c4)OCO5)CC3)s2)c2ccccc2Cl)C1. The van der Waals surface area contributed by atoms with Gasteiger partial charge in [-0.15, -0.1) is 11.3 Å². The molecule has 3 aromatic rings. The molecule has 0 radical (unpaired) electrons. The van der Waals surface area contributed by atoms with Gasteiger partial charge in [0.05, 0.1) is 24.0 Å². The highest BCUT2D eigenvalue weighted by molar-refractivity contribution is 7.11. The first-order chi connectivity index (χ1) is 19.5. The summed E-state index contributed by atoms with van der Waals surface area (Å²) in [5.74, 6) is 1.68. The van der Waals surface area contributed by atoms with Gasteiger partial charge in [-0.05, 0) is 66.7 Å². The summed E-state index contributed by atoms with van der Waals surface area (Å²) in [6, 6.07) is 14.0. The lowest BCUT2D eigenvalue weighted by Gasteiger charge is -2.38. The van der Waals surface area contributed by atoms with E-state index in [9.17, 15) is 4.79 Å². The van der Waals surface area contributed by atoms with Crippen LogP contribution in [-0.2, 0) is 21.1 Å². The van der Waals surface area contributed by atoms with Gasteiger partial charge in [0, 0.05) is 29.2 Å². The van der Waals surface area contributed by atoms with E-state index in [2.05, 4.69) is 44.8 Å². The van der Waals surface area contributed by atoms with Crippen molar-refractivity contribution in [3.8, 4) is 11.5 Å². The van der Waals surface area contributed by atoms with Gasteiger partial charge in [-0.2, -0.15) is 0 Å². The number of rotatable bonds is 9. The predicted molar refractivity (Wildman–Crippen MR) is 166 cm³/mol. The monoisotopic (exact) mass is 610 g/mol. The van der Waals surface area contributed by atoms with Crippen molar-refractivity contribution in [1.29, 1.82) is 0 Å². The van der Waals surface area contributed by atoms with Crippen LogP contribution in [0.2, 0.25) is 23.2 Å². The average Bonchev–Trinajstić information content (AvgIpc) is 3.21. The summed E-state index contributed by atoms with van der Waals surface area (Å²) in [6.07, 6.45) is 5.18. The molecule has 3 heterocycles. The fourth-order valence-corrected chi connectivity index (χ4v) is 8.48. The number of carbonyl (C=O) groups is 1. The molecule has 2 aromatic carbocycles. The lowest BCUT2D eigenvalue weighted by Crippen LogP contribution is -2.44. The molecule has 2 aliphatic heterocycles. The maximum absolute atomic E-state index is 13.7. The Kier molecular flexibility index (Phi) is 7.60. The second-order valence-corrected chi connectivity index (χ2v) is 19.4. The van der Waals surface area contributed by atoms with Crippen LogP contribution < -0.4 is 9.47 Å². The zero-order valence-corrected chi connectivity index (χ0v) is 27.1. The van der Waals surface area contributed by atoms with E-state index in [4.69, 9.17) is 30.5 Å². The van der Waals surface area contributed by atoms with Crippen LogP contribution >= 0.6 is 22.9 Å². The fraction of sp³-hybridized carbons (Fsp3) is 0.500. The van der Waals surface area contributed by atoms with Crippen LogP contribution in [-0.4, -0.2) is 50.0 Å². The van der Waals surface area contributed by atoms with Crippen LogP contribution in [0.1, 0.15) is 67.1 Å². The van der Waals surface area contributed by atoms with Gasteiger partial charge in [0.2, 0.25) is 6.79 Å². The number of nitrogens with zero attached hydrogens (tertiary/aromatic N) is 2. The van der Waals surface area contributed by atoms with Crippen molar-refractivity contribution in [1.82, 2.24) is 9.88 Å². The summed E-state index contributed by atoms with van der Waals surface area (Å²) in [5, 5.41) is 1.76. The molecule has 0 spiro atoms. The molecule has 218 valence electrons. The van der Waals surface area contributed by atoms with E-state index in [1.54, 1.807) is 11.3 Å². The second-order valence-electron chi connectivity index (χ2n) is 13.1. The number of aromatic nitrogens is 1. The molecule has 9 heteroatoms. The minimum absolute atomic E-state index is 0.0261. The fourth-order valence-electron chi connectivity index (χ4n) is 5.79. The van der Waals surface area contributed by atoms with Crippen LogP contribution in [0.25, 0.3) is 0 Å². The van der Waals surface area contributed by atoms with Crippen LogP contribution in [0.5, 0.6) is 11.5 Å². The molecule has 0 bridgehead atoms. The quantitative estimate of drug-likeness (QED) is 0.233. The van der Waals surface area contributed by atoms with E-state index in [0.29, 0.717) is 6.42 Å². The molecule has 1 saturated heterocycles. The minimum Gasteiger partial charge on any atom is -0.454 e. The van der Waals surface area contributed by atoms with E-state index in [1.165, 1.54) is 0 Å². The van der Waals surface area contributed by atoms with Crippen molar-refractivity contribution < 1.29 is 18.7 Å². The lowest BCUT2D eigenvalue weighted by atomic mass is 9.89. The van der Waals surface area contributed by atoms with Crippen molar-refractivity contribution in [3.05, 3.63) is 74.7 Å². The van der Waals surface area contributed by atoms with Gasteiger partial charge < -0.3 is 13.9 Å². The van der Waals surface area contributed by atoms with Crippen LogP contribution in [0.4, 0.5) is 0 Å². The molecule has 1 saturated carbocycles. The van der Waals surface area contributed by atoms with Crippen molar-refractivity contribution in [2.24, 2.45) is 0 Å². The molecule has 41 heavy (non-hydrogen) atoms. The zero-order valence-electron chi connectivity index (χ0n) is 24.5. The highest BCUT2D eigenvalue weighted by Crippen LogP contribution is 2.52. The number of hydrogen-bond acceptors (Lipinski definition) is 7. The summed E-state index contributed by atoms with van der Waals surface area (Å²) in [7, 11) is -1.88. The number of fused-ring (bicyclic) bond motifs is 1. The first-order valence-electron chi connectivity index (χ1n) is 14.5. The third kappa shape index (κ3) is 5.61. The summed E-state index contributed by atoms with van der Waals surface area (Å²) in [5.41, 5.74) is 1.64. The Balaban J connectivity index is 1.21. The molecule has 0 unspecified atom stereocenters. The molecule has 6 nitrogen and oxygen atoms in total. The molecule has 3 aliphatic rings. The van der Waals surface area contributed by atoms with E-state index in [1.807, 2.05) is 42.6 Å². The average molecular weight is 611 g/mol. The first-order valence-corrected chi connectivity index (χ1v) is 18.6. The molecule has 1 aromatic heterocycles. The maximum Gasteiger partial charge on any atom is 0.231 e. The molecule has 2 fully saturated rings. The predicted octanol–water partition coefficient (Wildman–Crippen LogP) is 7.55. The Morgan fingerprint density at radius 2 is 1.95 bits per heavy atom. The third-order valence-electron chi connectivity index (χ3n) is 9.37. The minimum atomic E-state index is -1.88. The third-order valence-corrected chi connectivity index (χ3v) is 15.3. The Hall–Kier alpha value is -2.23. The van der Waals surface area contributed by atoms with Crippen LogP contribution in [0, 0.1) is 0 Å². The number of ether oxygens (including phenoxy) is 2. The van der Waals surface area contributed by atoms with E-state index >= 15 is 0 Å². The topological polar surface area (TPSA) is 60.9 Å². The molecule has 6 rings (SSSR count). The number of halogens is 1. The Morgan fingerprint density at radius 3 is 2.68 bits per heavy atom. The molecule has 0 N–H and O–H groups in total. The number of Topliss-reactive ketones (excluding diaryl/α,β-unsaturated/α-hetero) is 1. The number of thiazole rings is 1. The molecular formula is C32H39ClN2O4SSi. The molecular weight excluding hydrogens is 572 g/mol. The summed E-state index contributed by atoms with van der Waals surface area (Å²) >= 11 is 8.41. The Morgan fingerprint density at radius 1 is 1.20 bits per heavy atom. The van der Waals surface area contributed by atoms with Crippen LogP contribution in [0.15, 0.2) is 48.7 Å². The van der Waals surface area contributed by atoms with Gasteiger partial charge in [0.25, 0.3) is 0 Å². The van der Waals surface area contributed by atoms with Crippen molar-refractivity contribution in [3.63, 3.8) is 0 Å². The van der Waals surface area contributed by atoms with Gasteiger partial charge in [-0.25, -0.2) is 4.98 Å². The smallest absolute Gasteiger partial charge is 0.231 e. The molecule has 2 atom stereocenters. The van der Waals surface area contributed by atoms with E-state index in [-0.39, 0.29) is 29.8 Å². The number of likely N-dealkylation sites (tertiary alicyclic amines) is 1. The molecule has 0 amide bonds. The van der Waals surface area contributed by atoms with Crippen molar-refractivity contribution in [2.75, 3.05) is 19.9 Å². The van der Waals surface area contributed by atoms with Crippen LogP contribution in [0.3, 0.4) is 0 Å². The van der Waals surface area contributed by atoms with Crippen molar-refractivity contribution >= 4 is 37.0 Å². The highest BCUT2D eigenvalue weighted by Gasteiger charge is 2.51. The van der Waals surface area contributed by atoms with Gasteiger partial charge >= 0.3 is 0 Å². The summed E-state index contributed by atoms with van der Waals surface area (Å²) < 4.78 is 17.8. The van der Waals surface area contributed by atoms with E-state index < -0.39 is 13.7 Å². The largest absolute Gasteiger partial charge is 0.454 e. The maximum atomic E-state index is 13.7.